The summed E-state index contributed by atoms with van der Waals surface area (Å²) < 4.78 is 10.2. The molecule has 0 aliphatic carbocycles. The van der Waals surface area contributed by atoms with E-state index in [1.165, 1.54) is 13.0 Å². The van der Waals surface area contributed by atoms with Gasteiger partial charge in [-0.05, 0) is 42.0 Å². The van der Waals surface area contributed by atoms with Crippen molar-refractivity contribution in [3.63, 3.8) is 0 Å². The number of ether oxygens (including phenoxy) is 2. The van der Waals surface area contributed by atoms with Crippen molar-refractivity contribution in [3.8, 4) is 5.75 Å². The molecular formula is C18H11Cl2NO4. The van der Waals surface area contributed by atoms with E-state index in [1.807, 2.05) is 0 Å². The fourth-order valence-electron chi connectivity index (χ4n) is 2.18. The van der Waals surface area contributed by atoms with Crippen LogP contribution in [0.15, 0.2) is 53.2 Å². The Morgan fingerprint density at radius 1 is 1.20 bits per heavy atom. The van der Waals surface area contributed by atoms with Crippen LogP contribution in [0.2, 0.25) is 10.0 Å². The Hall–Kier alpha value is -2.63. The van der Waals surface area contributed by atoms with Crippen LogP contribution in [0.4, 0.5) is 0 Å². The number of esters is 2. The highest BCUT2D eigenvalue weighted by atomic mass is 35.5. The fraction of sp³-hybridized carbons (Fsp3) is 0.0556. The highest BCUT2D eigenvalue weighted by molar-refractivity contribution is 6.37. The molecule has 0 amide bonds. The highest BCUT2D eigenvalue weighted by Crippen LogP contribution is 2.26. The first-order chi connectivity index (χ1) is 11.9. The van der Waals surface area contributed by atoms with E-state index in [4.69, 9.17) is 32.7 Å². The van der Waals surface area contributed by atoms with E-state index >= 15 is 0 Å². The van der Waals surface area contributed by atoms with Crippen molar-refractivity contribution in [1.82, 2.24) is 0 Å². The van der Waals surface area contributed by atoms with Crippen molar-refractivity contribution in [1.29, 1.82) is 0 Å². The van der Waals surface area contributed by atoms with Crippen molar-refractivity contribution in [2.24, 2.45) is 4.99 Å². The van der Waals surface area contributed by atoms with Gasteiger partial charge in [-0.1, -0.05) is 35.3 Å². The number of hydrogen-bond acceptors (Lipinski definition) is 5. The minimum atomic E-state index is -0.598. The van der Waals surface area contributed by atoms with E-state index < -0.39 is 11.9 Å². The van der Waals surface area contributed by atoms with E-state index in [2.05, 4.69) is 4.99 Å². The molecule has 0 saturated heterocycles. The molecule has 0 N–H and O–H groups in total. The zero-order valence-electron chi connectivity index (χ0n) is 13.0. The summed E-state index contributed by atoms with van der Waals surface area (Å²) in [7, 11) is 0. The molecule has 0 aromatic heterocycles. The molecule has 126 valence electrons. The minimum Gasteiger partial charge on any atom is -0.427 e. The predicted octanol–water partition coefficient (Wildman–Crippen LogP) is 4.26. The summed E-state index contributed by atoms with van der Waals surface area (Å²) in [5.41, 5.74) is 1.22. The van der Waals surface area contributed by atoms with Crippen molar-refractivity contribution < 1.29 is 19.1 Å². The van der Waals surface area contributed by atoms with Crippen molar-refractivity contribution in [2.75, 3.05) is 0 Å². The number of carbonyl (C=O) groups excluding carboxylic acids is 2. The number of cyclic esters (lactones) is 1. The first-order valence-electron chi connectivity index (χ1n) is 7.19. The van der Waals surface area contributed by atoms with Crippen LogP contribution >= 0.6 is 23.2 Å². The summed E-state index contributed by atoms with van der Waals surface area (Å²) >= 11 is 12.0. The van der Waals surface area contributed by atoms with Gasteiger partial charge in [0.05, 0.1) is 10.6 Å². The largest absolute Gasteiger partial charge is 0.427 e. The number of benzene rings is 2. The average molecular weight is 376 g/mol. The zero-order chi connectivity index (χ0) is 18.0. The Labute approximate surface area is 153 Å². The highest BCUT2D eigenvalue weighted by Gasteiger charge is 2.25. The monoisotopic (exact) mass is 375 g/mol. The maximum Gasteiger partial charge on any atom is 0.363 e. The average Bonchev–Trinajstić information content (AvgIpc) is 2.87. The minimum absolute atomic E-state index is 0.106. The van der Waals surface area contributed by atoms with Gasteiger partial charge < -0.3 is 9.47 Å². The molecule has 2 aromatic carbocycles. The van der Waals surface area contributed by atoms with Crippen molar-refractivity contribution >= 4 is 47.1 Å². The third kappa shape index (κ3) is 4.07. The van der Waals surface area contributed by atoms with Crippen LogP contribution in [0.1, 0.15) is 18.1 Å². The summed E-state index contributed by atoms with van der Waals surface area (Å²) in [6.45, 7) is 1.31. The Morgan fingerprint density at radius 2 is 2.00 bits per heavy atom. The molecule has 0 unspecified atom stereocenters. The molecule has 0 bridgehead atoms. The molecule has 3 rings (SSSR count). The summed E-state index contributed by atoms with van der Waals surface area (Å²) in [6.07, 6.45) is 1.53. The first-order valence-corrected chi connectivity index (χ1v) is 7.94. The lowest BCUT2D eigenvalue weighted by atomic mass is 10.2. The molecular weight excluding hydrogens is 365 g/mol. The van der Waals surface area contributed by atoms with Crippen LogP contribution in [0.5, 0.6) is 5.75 Å². The first kappa shape index (κ1) is 17.2. The lowest BCUT2D eigenvalue weighted by Gasteiger charge is -2.02. The smallest absolute Gasteiger partial charge is 0.363 e. The second-order valence-corrected chi connectivity index (χ2v) is 5.97. The molecule has 0 radical (unpaired) electrons. The molecule has 25 heavy (non-hydrogen) atoms. The van der Waals surface area contributed by atoms with E-state index in [0.717, 1.165) is 0 Å². The Morgan fingerprint density at radius 3 is 2.72 bits per heavy atom. The van der Waals surface area contributed by atoms with Crippen LogP contribution in [0.25, 0.3) is 6.08 Å². The SMILES string of the molecule is CC(=O)Oc1cccc(/C=C2/N=C(c3ccc(Cl)cc3Cl)OC2=O)c1. The molecule has 2 aromatic rings. The quantitative estimate of drug-likeness (QED) is 0.456. The second kappa shape index (κ2) is 7.09. The standard InChI is InChI=1S/C18H11Cl2NO4/c1-10(22)24-13-4-2-3-11(7-13)8-16-18(23)25-17(21-16)14-6-5-12(19)9-15(14)20/h2-9H,1H3/b16-8+. The van der Waals surface area contributed by atoms with Gasteiger partial charge in [-0.2, -0.15) is 0 Å². The Bertz CT molecular complexity index is 934. The lowest BCUT2D eigenvalue weighted by molar-refractivity contribution is -0.132. The summed E-state index contributed by atoms with van der Waals surface area (Å²) in [4.78, 5) is 27.3. The Kier molecular flexibility index (Phi) is 4.88. The van der Waals surface area contributed by atoms with Crippen LogP contribution in [0.3, 0.4) is 0 Å². The number of carbonyl (C=O) groups is 2. The number of hydrogen-bond donors (Lipinski definition) is 0. The van der Waals surface area contributed by atoms with Gasteiger partial charge in [0.15, 0.2) is 5.70 Å². The molecule has 7 heteroatoms. The van der Waals surface area contributed by atoms with Gasteiger partial charge >= 0.3 is 11.9 Å². The third-order valence-corrected chi connectivity index (χ3v) is 3.75. The van der Waals surface area contributed by atoms with Crippen LogP contribution < -0.4 is 4.74 Å². The summed E-state index contributed by atoms with van der Waals surface area (Å²) in [5.74, 6) is -0.547. The number of halogens is 2. The van der Waals surface area contributed by atoms with Gasteiger partial charge in [-0.25, -0.2) is 9.79 Å². The van der Waals surface area contributed by atoms with E-state index in [9.17, 15) is 9.59 Å². The molecule has 1 aliphatic rings. The molecule has 1 heterocycles. The van der Waals surface area contributed by atoms with Gasteiger partial charge in [-0.15, -0.1) is 0 Å². The molecule has 5 nitrogen and oxygen atoms in total. The molecule has 0 atom stereocenters. The van der Waals surface area contributed by atoms with Crippen LogP contribution in [-0.2, 0) is 14.3 Å². The molecule has 0 spiro atoms. The van der Waals surface area contributed by atoms with Crippen molar-refractivity contribution in [3.05, 3.63) is 69.3 Å². The van der Waals surface area contributed by atoms with E-state index in [-0.39, 0.29) is 11.6 Å². The Balaban J connectivity index is 1.92. The van der Waals surface area contributed by atoms with Gasteiger partial charge in [-0.3, -0.25) is 4.79 Å². The zero-order valence-corrected chi connectivity index (χ0v) is 14.5. The predicted molar refractivity (Wildman–Crippen MR) is 94.8 cm³/mol. The second-order valence-electron chi connectivity index (χ2n) is 5.13. The van der Waals surface area contributed by atoms with Gasteiger partial charge in [0.1, 0.15) is 5.75 Å². The van der Waals surface area contributed by atoms with Crippen LogP contribution in [-0.4, -0.2) is 17.8 Å². The maximum absolute atomic E-state index is 12.0. The number of rotatable bonds is 3. The third-order valence-electron chi connectivity index (χ3n) is 3.21. The summed E-state index contributed by atoms with van der Waals surface area (Å²) in [5, 5.41) is 0.800. The number of aliphatic imine (C=N–C) groups is 1. The molecule has 0 fully saturated rings. The topological polar surface area (TPSA) is 65.0 Å². The van der Waals surface area contributed by atoms with Gasteiger partial charge in [0, 0.05) is 11.9 Å². The normalized spacial score (nSPS) is 15.1. The fourth-order valence-corrected chi connectivity index (χ4v) is 2.67. The summed E-state index contributed by atoms with van der Waals surface area (Å²) in [6, 6.07) is 11.5. The lowest BCUT2D eigenvalue weighted by Crippen LogP contribution is -2.05. The van der Waals surface area contributed by atoms with Gasteiger partial charge in [0.2, 0.25) is 5.90 Å². The van der Waals surface area contributed by atoms with Crippen LogP contribution in [0, 0.1) is 0 Å². The van der Waals surface area contributed by atoms with Crippen molar-refractivity contribution in [2.45, 2.75) is 6.92 Å². The maximum atomic E-state index is 12.0. The molecule has 1 aliphatic heterocycles. The number of nitrogens with zero attached hydrogens (tertiary/aromatic N) is 1. The van der Waals surface area contributed by atoms with Gasteiger partial charge in [0.25, 0.3) is 0 Å². The van der Waals surface area contributed by atoms with E-state index in [0.29, 0.717) is 26.9 Å². The van der Waals surface area contributed by atoms with E-state index in [1.54, 1.807) is 42.5 Å². The molecule has 0 saturated carbocycles.